The Kier molecular flexibility index (Phi) is 6.92. The summed E-state index contributed by atoms with van der Waals surface area (Å²) < 4.78 is 9.44. The minimum atomic E-state index is -0.519. The standard InChI is InChI=1S/C6H11NO3.C5H10O/c8-5-10-6(9)7-3-1-2-4-7;1-2-4-6-5-3-1/h8H,1-5H2;1-5H2. The van der Waals surface area contributed by atoms with E-state index in [-0.39, 0.29) is 0 Å². The van der Waals surface area contributed by atoms with Gasteiger partial charge in [-0.1, -0.05) is 0 Å². The zero-order valence-corrected chi connectivity index (χ0v) is 9.69. The van der Waals surface area contributed by atoms with Gasteiger partial charge in [0.25, 0.3) is 0 Å². The van der Waals surface area contributed by atoms with Crippen molar-refractivity contribution in [3.63, 3.8) is 0 Å². The number of hydrogen-bond donors (Lipinski definition) is 1. The third-order valence-corrected chi connectivity index (χ3v) is 2.63. The lowest BCUT2D eigenvalue weighted by Gasteiger charge is -2.12. The van der Waals surface area contributed by atoms with Crippen LogP contribution in [0.5, 0.6) is 0 Å². The van der Waals surface area contributed by atoms with Crippen LogP contribution in [0.3, 0.4) is 0 Å². The summed E-state index contributed by atoms with van der Waals surface area (Å²) in [6.07, 6.45) is 5.61. The van der Waals surface area contributed by atoms with Crippen LogP contribution in [0.15, 0.2) is 0 Å². The third kappa shape index (κ3) is 5.32. The zero-order chi connectivity index (χ0) is 11.6. The zero-order valence-electron chi connectivity index (χ0n) is 9.69. The van der Waals surface area contributed by atoms with Crippen LogP contribution >= 0.6 is 0 Å². The van der Waals surface area contributed by atoms with Crippen LogP contribution in [0, 0.1) is 0 Å². The number of aliphatic hydroxyl groups excluding tert-OH is 1. The van der Waals surface area contributed by atoms with Gasteiger partial charge in [0.1, 0.15) is 0 Å². The Morgan fingerprint density at radius 1 is 1.12 bits per heavy atom. The summed E-state index contributed by atoms with van der Waals surface area (Å²) in [5.41, 5.74) is 0. The number of hydrogen-bond acceptors (Lipinski definition) is 4. The lowest BCUT2D eigenvalue weighted by atomic mass is 10.2. The molecule has 1 N–H and O–H groups in total. The summed E-state index contributed by atoms with van der Waals surface area (Å²) in [6, 6.07) is 0. The Labute approximate surface area is 96.3 Å². The first-order valence-electron chi connectivity index (χ1n) is 5.95. The maximum Gasteiger partial charge on any atom is 0.411 e. The molecule has 0 saturated carbocycles. The first kappa shape index (κ1) is 13.3. The SMILES string of the molecule is C1CCOCC1.O=C(OCO)N1CCCC1. The lowest BCUT2D eigenvalue weighted by molar-refractivity contribution is 0.0258. The van der Waals surface area contributed by atoms with Crippen molar-refractivity contribution in [2.75, 3.05) is 33.1 Å². The molecule has 0 aromatic rings. The first-order chi connectivity index (χ1) is 7.84. The van der Waals surface area contributed by atoms with Crippen molar-refractivity contribution in [1.82, 2.24) is 4.90 Å². The first-order valence-corrected chi connectivity index (χ1v) is 5.95. The second-order valence-corrected chi connectivity index (χ2v) is 3.91. The molecule has 2 saturated heterocycles. The smallest absolute Gasteiger partial charge is 0.411 e. The monoisotopic (exact) mass is 231 g/mol. The topological polar surface area (TPSA) is 59.0 Å². The van der Waals surface area contributed by atoms with Crippen molar-refractivity contribution in [2.24, 2.45) is 0 Å². The summed E-state index contributed by atoms with van der Waals surface area (Å²) in [5.74, 6) is 0. The molecule has 0 radical (unpaired) electrons. The molecule has 2 aliphatic heterocycles. The summed E-state index contributed by atoms with van der Waals surface area (Å²) in [5, 5.41) is 8.23. The van der Waals surface area contributed by atoms with E-state index in [1.54, 1.807) is 4.90 Å². The number of rotatable bonds is 1. The van der Waals surface area contributed by atoms with Crippen molar-refractivity contribution < 1.29 is 19.4 Å². The molecule has 2 fully saturated rings. The van der Waals surface area contributed by atoms with Crippen LogP contribution in [0.2, 0.25) is 0 Å². The average Bonchev–Trinajstić information content (AvgIpc) is 2.86. The molecule has 94 valence electrons. The van der Waals surface area contributed by atoms with Crippen LogP contribution in [0.1, 0.15) is 32.1 Å². The Morgan fingerprint density at radius 3 is 2.12 bits per heavy atom. The highest BCUT2D eigenvalue weighted by Crippen LogP contribution is 2.08. The number of ether oxygens (including phenoxy) is 2. The molecule has 2 rings (SSSR count). The van der Waals surface area contributed by atoms with Gasteiger partial charge in [-0.25, -0.2) is 4.79 Å². The molecule has 0 unspecified atom stereocenters. The molecule has 0 aliphatic carbocycles. The van der Waals surface area contributed by atoms with Gasteiger partial charge in [0.05, 0.1) is 0 Å². The maximum atomic E-state index is 10.8. The molecular formula is C11H21NO4. The molecule has 16 heavy (non-hydrogen) atoms. The highest BCUT2D eigenvalue weighted by Gasteiger charge is 2.18. The third-order valence-electron chi connectivity index (χ3n) is 2.63. The van der Waals surface area contributed by atoms with Crippen LogP contribution < -0.4 is 0 Å². The molecule has 1 amide bonds. The highest BCUT2D eigenvalue weighted by atomic mass is 16.6. The molecular weight excluding hydrogens is 210 g/mol. The molecule has 5 heteroatoms. The predicted octanol–water partition coefficient (Wildman–Crippen LogP) is 1.36. The average molecular weight is 231 g/mol. The molecule has 0 spiro atoms. The Hall–Kier alpha value is -0.810. The van der Waals surface area contributed by atoms with E-state index in [1.807, 2.05) is 0 Å². The Morgan fingerprint density at radius 2 is 1.75 bits per heavy atom. The van der Waals surface area contributed by atoms with E-state index in [0.29, 0.717) is 0 Å². The van der Waals surface area contributed by atoms with Crippen molar-refractivity contribution >= 4 is 6.09 Å². The minimum absolute atomic E-state index is 0.403. The van der Waals surface area contributed by atoms with Crippen molar-refractivity contribution in [2.45, 2.75) is 32.1 Å². The van der Waals surface area contributed by atoms with E-state index < -0.39 is 12.9 Å². The lowest BCUT2D eigenvalue weighted by Crippen LogP contribution is -2.28. The van der Waals surface area contributed by atoms with Gasteiger partial charge in [0, 0.05) is 26.3 Å². The second kappa shape index (κ2) is 8.35. The van der Waals surface area contributed by atoms with Gasteiger partial charge < -0.3 is 19.5 Å². The summed E-state index contributed by atoms with van der Waals surface area (Å²) >= 11 is 0. The van der Waals surface area contributed by atoms with Crippen molar-refractivity contribution in [1.29, 1.82) is 0 Å². The van der Waals surface area contributed by atoms with E-state index >= 15 is 0 Å². The van der Waals surface area contributed by atoms with Gasteiger partial charge in [-0.3, -0.25) is 0 Å². The Bertz CT molecular complexity index is 177. The van der Waals surface area contributed by atoms with Gasteiger partial charge in [0.15, 0.2) is 6.79 Å². The normalized spacial score (nSPS) is 19.9. The van der Waals surface area contributed by atoms with E-state index in [2.05, 4.69) is 4.74 Å². The van der Waals surface area contributed by atoms with Gasteiger partial charge in [-0.05, 0) is 32.1 Å². The largest absolute Gasteiger partial charge is 0.422 e. The van der Waals surface area contributed by atoms with Gasteiger partial charge in [-0.2, -0.15) is 0 Å². The number of carbonyl (C=O) groups is 1. The van der Waals surface area contributed by atoms with E-state index in [9.17, 15) is 4.79 Å². The fourth-order valence-electron chi connectivity index (χ4n) is 1.73. The number of aliphatic hydroxyl groups is 1. The van der Waals surface area contributed by atoms with Crippen LogP contribution in [-0.2, 0) is 9.47 Å². The van der Waals surface area contributed by atoms with Crippen LogP contribution in [-0.4, -0.2) is 49.2 Å². The van der Waals surface area contributed by atoms with E-state index in [4.69, 9.17) is 9.84 Å². The minimum Gasteiger partial charge on any atom is -0.422 e. The highest BCUT2D eigenvalue weighted by molar-refractivity contribution is 5.67. The molecule has 0 bridgehead atoms. The molecule has 0 aromatic carbocycles. The van der Waals surface area contributed by atoms with Crippen LogP contribution in [0.25, 0.3) is 0 Å². The molecule has 5 nitrogen and oxygen atoms in total. The second-order valence-electron chi connectivity index (χ2n) is 3.91. The fraction of sp³-hybridized carbons (Fsp3) is 0.909. The number of amides is 1. The number of likely N-dealkylation sites (tertiary alicyclic amines) is 1. The van der Waals surface area contributed by atoms with Gasteiger partial charge in [0.2, 0.25) is 0 Å². The summed E-state index contributed by atoms with van der Waals surface area (Å²) in [4.78, 5) is 12.4. The van der Waals surface area contributed by atoms with Gasteiger partial charge in [-0.15, -0.1) is 0 Å². The van der Waals surface area contributed by atoms with E-state index in [0.717, 1.165) is 39.1 Å². The van der Waals surface area contributed by atoms with Gasteiger partial charge >= 0.3 is 6.09 Å². The maximum absolute atomic E-state index is 10.8. The fourth-order valence-corrected chi connectivity index (χ4v) is 1.73. The Balaban J connectivity index is 0.000000181. The van der Waals surface area contributed by atoms with Crippen molar-refractivity contribution in [3.05, 3.63) is 0 Å². The molecule has 0 aromatic heterocycles. The number of carbonyl (C=O) groups excluding carboxylic acids is 1. The molecule has 2 heterocycles. The molecule has 2 aliphatic rings. The quantitative estimate of drug-likeness (QED) is 0.692. The van der Waals surface area contributed by atoms with E-state index in [1.165, 1.54) is 19.3 Å². The summed E-state index contributed by atoms with van der Waals surface area (Å²) in [7, 11) is 0. The van der Waals surface area contributed by atoms with Crippen molar-refractivity contribution in [3.8, 4) is 0 Å². The van der Waals surface area contributed by atoms with Crippen LogP contribution in [0.4, 0.5) is 4.79 Å². The number of nitrogens with zero attached hydrogens (tertiary/aromatic N) is 1. The molecule has 0 atom stereocenters. The summed E-state index contributed by atoms with van der Waals surface area (Å²) in [6.45, 7) is 3.01. The predicted molar refractivity (Wildman–Crippen MR) is 59.0 cm³/mol.